The molecular weight excluding hydrogens is 256 g/mol. The zero-order valence-corrected chi connectivity index (χ0v) is 11.8. The molecule has 1 saturated heterocycles. The average molecular weight is 276 g/mol. The molecule has 0 aliphatic carbocycles. The highest BCUT2D eigenvalue weighted by Gasteiger charge is 2.34. The lowest BCUT2D eigenvalue weighted by molar-refractivity contribution is -0.260. The van der Waals surface area contributed by atoms with Crippen molar-refractivity contribution in [2.75, 3.05) is 6.61 Å². The van der Waals surface area contributed by atoms with E-state index in [0.717, 1.165) is 5.56 Å². The Bertz CT molecular complexity index is 455. The first kappa shape index (κ1) is 14.8. The van der Waals surface area contributed by atoms with Crippen molar-refractivity contribution in [1.29, 1.82) is 0 Å². The van der Waals surface area contributed by atoms with Crippen LogP contribution in [-0.2, 0) is 19.0 Å². The zero-order valence-electron chi connectivity index (χ0n) is 11.8. The maximum Gasteiger partial charge on any atom is 0.303 e. The number of hydrogen-bond donors (Lipinski definition) is 0. The standard InChI is InChI=1S/C16H20O4/c1-3-4-10-14-15(19-12(2)17)11-18-16(20-14)13-8-6-5-7-9-13/h3-9,14-16H,10-11H2,1-2H3/b4-3-/t14-,15+,16+/m0/s1. The van der Waals surface area contributed by atoms with Crippen LogP contribution >= 0.6 is 0 Å². The molecule has 1 aliphatic heterocycles. The number of allylic oxidation sites excluding steroid dienone is 1. The summed E-state index contributed by atoms with van der Waals surface area (Å²) in [5.41, 5.74) is 0.972. The number of benzene rings is 1. The fraction of sp³-hybridized carbons (Fsp3) is 0.438. The first-order valence-electron chi connectivity index (χ1n) is 6.81. The SMILES string of the molecule is C/C=C\C[C@@H]1O[C@H](c2ccccc2)OC[C@H]1OC(C)=O. The van der Waals surface area contributed by atoms with E-state index in [1.807, 2.05) is 49.4 Å². The van der Waals surface area contributed by atoms with Crippen molar-refractivity contribution in [3.63, 3.8) is 0 Å². The Morgan fingerprint density at radius 1 is 1.40 bits per heavy atom. The maximum absolute atomic E-state index is 11.1. The summed E-state index contributed by atoms with van der Waals surface area (Å²) in [6, 6.07) is 9.76. The topological polar surface area (TPSA) is 44.8 Å². The monoisotopic (exact) mass is 276 g/mol. The van der Waals surface area contributed by atoms with Gasteiger partial charge in [-0.25, -0.2) is 0 Å². The summed E-state index contributed by atoms with van der Waals surface area (Å²) in [5.74, 6) is -0.314. The molecule has 0 radical (unpaired) electrons. The second-order valence-electron chi connectivity index (χ2n) is 4.70. The number of esters is 1. The summed E-state index contributed by atoms with van der Waals surface area (Å²) < 4.78 is 16.9. The average Bonchev–Trinajstić information content (AvgIpc) is 2.46. The van der Waals surface area contributed by atoms with Gasteiger partial charge in [0.2, 0.25) is 0 Å². The quantitative estimate of drug-likeness (QED) is 0.626. The molecule has 2 rings (SSSR count). The molecule has 1 aliphatic rings. The normalized spacial score (nSPS) is 26.6. The van der Waals surface area contributed by atoms with E-state index in [4.69, 9.17) is 14.2 Å². The minimum Gasteiger partial charge on any atom is -0.457 e. The molecule has 0 aromatic heterocycles. The molecule has 0 spiro atoms. The summed E-state index contributed by atoms with van der Waals surface area (Å²) in [7, 11) is 0. The van der Waals surface area contributed by atoms with E-state index >= 15 is 0 Å². The van der Waals surface area contributed by atoms with Crippen LogP contribution in [0, 0.1) is 0 Å². The van der Waals surface area contributed by atoms with E-state index in [9.17, 15) is 4.79 Å². The molecule has 0 N–H and O–H groups in total. The van der Waals surface area contributed by atoms with Crippen LogP contribution in [0.15, 0.2) is 42.5 Å². The van der Waals surface area contributed by atoms with Crippen molar-refractivity contribution in [2.24, 2.45) is 0 Å². The predicted octanol–water partition coefficient (Wildman–Crippen LogP) is 3.00. The molecule has 3 atom stereocenters. The molecule has 108 valence electrons. The van der Waals surface area contributed by atoms with Gasteiger partial charge in [-0.05, 0) is 13.3 Å². The maximum atomic E-state index is 11.1. The van der Waals surface area contributed by atoms with Crippen LogP contribution in [-0.4, -0.2) is 24.8 Å². The fourth-order valence-electron chi connectivity index (χ4n) is 2.16. The Balaban J connectivity index is 2.06. The van der Waals surface area contributed by atoms with E-state index in [-0.39, 0.29) is 18.2 Å². The van der Waals surface area contributed by atoms with Crippen LogP contribution in [0.5, 0.6) is 0 Å². The smallest absolute Gasteiger partial charge is 0.303 e. The molecule has 20 heavy (non-hydrogen) atoms. The Morgan fingerprint density at radius 3 is 2.80 bits per heavy atom. The molecule has 4 nitrogen and oxygen atoms in total. The van der Waals surface area contributed by atoms with Gasteiger partial charge in [0.05, 0.1) is 6.61 Å². The summed E-state index contributed by atoms with van der Waals surface area (Å²) in [6.07, 6.45) is 3.72. The van der Waals surface area contributed by atoms with E-state index < -0.39 is 6.29 Å². The first-order valence-corrected chi connectivity index (χ1v) is 6.81. The molecule has 0 saturated carbocycles. The van der Waals surface area contributed by atoms with Gasteiger partial charge in [0.25, 0.3) is 0 Å². The van der Waals surface area contributed by atoms with Gasteiger partial charge in [0, 0.05) is 12.5 Å². The van der Waals surface area contributed by atoms with Crippen LogP contribution in [0.2, 0.25) is 0 Å². The summed E-state index contributed by atoms with van der Waals surface area (Å²) >= 11 is 0. The summed E-state index contributed by atoms with van der Waals surface area (Å²) in [5, 5.41) is 0. The zero-order chi connectivity index (χ0) is 14.4. The second-order valence-corrected chi connectivity index (χ2v) is 4.70. The molecule has 1 aromatic carbocycles. The molecule has 1 aromatic rings. The Morgan fingerprint density at radius 2 is 2.15 bits per heavy atom. The number of carbonyl (C=O) groups is 1. The van der Waals surface area contributed by atoms with Crippen LogP contribution in [0.3, 0.4) is 0 Å². The highest BCUT2D eigenvalue weighted by Crippen LogP contribution is 2.29. The molecule has 0 bridgehead atoms. The van der Waals surface area contributed by atoms with Crippen molar-refractivity contribution in [2.45, 2.75) is 38.8 Å². The van der Waals surface area contributed by atoms with Crippen molar-refractivity contribution in [3.05, 3.63) is 48.0 Å². The van der Waals surface area contributed by atoms with Crippen LogP contribution in [0.1, 0.15) is 32.1 Å². The Kier molecular flexibility index (Phi) is 5.32. The van der Waals surface area contributed by atoms with Crippen LogP contribution < -0.4 is 0 Å². The minimum absolute atomic E-state index is 0.186. The number of rotatable bonds is 4. The Hall–Kier alpha value is -1.65. The predicted molar refractivity (Wildman–Crippen MR) is 75.0 cm³/mol. The lowest BCUT2D eigenvalue weighted by Gasteiger charge is -2.35. The molecule has 4 heteroatoms. The third-order valence-corrected chi connectivity index (χ3v) is 3.12. The van der Waals surface area contributed by atoms with Crippen LogP contribution in [0.25, 0.3) is 0 Å². The van der Waals surface area contributed by atoms with Crippen molar-refractivity contribution in [1.82, 2.24) is 0 Å². The number of carbonyl (C=O) groups excluding carboxylic acids is 1. The molecular formula is C16H20O4. The number of hydrogen-bond acceptors (Lipinski definition) is 4. The van der Waals surface area contributed by atoms with Gasteiger partial charge in [0.15, 0.2) is 12.4 Å². The van der Waals surface area contributed by atoms with E-state index in [1.54, 1.807) is 0 Å². The highest BCUT2D eigenvalue weighted by molar-refractivity contribution is 5.66. The fourth-order valence-corrected chi connectivity index (χ4v) is 2.16. The van der Waals surface area contributed by atoms with E-state index in [0.29, 0.717) is 13.0 Å². The van der Waals surface area contributed by atoms with E-state index in [1.165, 1.54) is 6.92 Å². The van der Waals surface area contributed by atoms with Gasteiger partial charge >= 0.3 is 5.97 Å². The lowest BCUT2D eigenvalue weighted by Crippen LogP contribution is -2.42. The Labute approximate surface area is 119 Å². The van der Waals surface area contributed by atoms with E-state index in [2.05, 4.69) is 0 Å². The van der Waals surface area contributed by atoms with Gasteiger partial charge in [-0.3, -0.25) is 4.79 Å². The molecule has 0 amide bonds. The van der Waals surface area contributed by atoms with Crippen LogP contribution in [0.4, 0.5) is 0 Å². The van der Waals surface area contributed by atoms with Crippen molar-refractivity contribution < 1.29 is 19.0 Å². The lowest BCUT2D eigenvalue weighted by atomic mass is 10.1. The first-order chi connectivity index (χ1) is 9.70. The molecule has 1 fully saturated rings. The van der Waals surface area contributed by atoms with Gasteiger partial charge < -0.3 is 14.2 Å². The second kappa shape index (κ2) is 7.22. The molecule has 0 unspecified atom stereocenters. The van der Waals surface area contributed by atoms with Crippen molar-refractivity contribution >= 4 is 5.97 Å². The third-order valence-electron chi connectivity index (χ3n) is 3.12. The van der Waals surface area contributed by atoms with Gasteiger partial charge in [-0.15, -0.1) is 0 Å². The molecule has 1 heterocycles. The van der Waals surface area contributed by atoms with Gasteiger partial charge in [-0.1, -0.05) is 42.5 Å². The van der Waals surface area contributed by atoms with Gasteiger partial charge in [-0.2, -0.15) is 0 Å². The number of ether oxygens (including phenoxy) is 3. The van der Waals surface area contributed by atoms with Crippen molar-refractivity contribution in [3.8, 4) is 0 Å². The summed E-state index contributed by atoms with van der Waals surface area (Å²) in [4.78, 5) is 11.1. The van der Waals surface area contributed by atoms with Gasteiger partial charge in [0.1, 0.15) is 6.10 Å². The highest BCUT2D eigenvalue weighted by atomic mass is 16.7. The summed E-state index contributed by atoms with van der Waals surface area (Å²) in [6.45, 7) is 3.70. The minimum atomic E-state index is -0.404. The third kappa shape index (κ3) is 3.92. The largest absolute Gasteiger partial charge is 0.457 e.